The van der Waals surface area contributed by atoms with Crippen LogP contribution >= 0.6 is 11.8 Å². The summed E-state index contributed by atoms with van der Waals surface area (Å²) >= 11 is 1.65. The van der Waals surface area contributed by atoms with Gasteiger partial charge in [0.05, 0.1) is 15.0 Å². The van der Waals surface area contributed by atoms with E-state index < -0.39 is 15.9 Å². The summed E-state index contributed by atoms with van der Waals surface area (Å²) in [5.74, 6) is 0.399. The molecule has 2 aliphatic heterocycles. The summed E-state index contributed by atoms with van der Waals surface area (Å²) in [7, 11) is -3.30. The highest BCUT2D eigenvalue weighted by Gasteiger charge is 2.52. The Morgan fingerprint density at radius 1 is 1.22 bits per heavy atom. The maximum absolute atomic E-state index is 12.7. The van der Waals surface area contributed by atoms with Crippen LogP contribution in [0.5, 0.6) is 0 Å². The lowest BCUT2D eigenvalue weighted by Crippen LogP contribution is -2.48. The molecule has 1 aromatic rings. The van der Waals surface area contributed by atoms with E-state index in [-0.39, 0.29) is 21.9 Å². The Bertz CT molecular complexity index is 862. The van der Waals surface area contributed by atoms with Crippen LogP contribution in [0.2, 0.25) is 0 Å². The predicted octanol–water partition coefficient (Wildman–Crippen LogP) is 2.80. The molecular formula is C19H24N2O4S2. The highest BCUT2D eigenvalue weighted by molar-refractivity contribution is 8.01. The van der Waals surface area contributed by atoms with Crippen LogP contribution in [0.1, 0.15) is 45.4 Å². The lowest BCUT2D eigenvalue weighted by Gasteiger charge is -2.29. The second kappa shape index (κ2) is 6.81. The van der Waals surface area contributed by atoms with Gasteiger partial charge in [0.1, 0.15) is 6.04 Å². The summed E-state index contributed by atoms with van der Waals surface area (Å²) in [5, 5.41) is 2.56. The van der Waals surface area contributed by atoms with Crippen molar-refractivity contribution in [2.45, 2.75) is 66.5 Å². The Balaban J connectivity index is 1.46. The number of carbonyl (C=O) groups is 2. The summed E-state index contributed by atoms with van der Waals surface area (Å²) in [5.41, 5.74) is 0.552. The van der Waals surface area contributed by atoms with E-state index >= 15 is 0 Å². The summed E-state index contributed by atoms with van der Waals surface area (Å²) in [6.45, 7) is 2.01. The molecule has 1 saturated carbocycles. The Morgan fingerprint density at radius 3 is 2.56 bits per heavy atom. The average molecular weight is 409 g/mol. The topological polar surface area (TPSA) is 83.6 Å². The molecule has 2 saturated heterocycles. The van der Waals surface area contributed by atoms with Gasteiger partial charge in [0.15, 0.2) is 9.84 Å². The largest absolute Gasteiger partial charge is 0.324 e. The molecule has 0 aromatic heterocycles. The third kappa shape index (κ3) is 3.27. The normalized spacial score (nSPS) is 28.6. The number of amides is 2. The van der Waals surface area contributed by atoms with Crippen LogP contribution in [-0.2, 0) is 19.4 Å². The molecule has 3 aliphatic rings. The number of hydrogen-bond acceptors (Lipinski definition) is 5. The molecule has 0 bridgehead atoms. The van der Waals surface area contributed by atoms with E-state index in [4.69, 9.17) is 0 Å². The van der Waals surface area contributed by atoms with Crippen molar-refractivity contribution in [3.63, 3.8) is 0 Å². The van der Waals surface area contributed by atoms with Crippen molar-refractivity contribution in [3.8, 4) is 0 Å². The van der Waals surface area contributed by atoms with Crippen LogP contribution in [0.4, 0.5) is 5.69 Å². The number of rotatable bonds is 4. The zero-order chi connectivity index (χ0) is 19.2. The van der Waals surface area contributed by atoms with Crippen molar-refractivity contribution in [3.05, 3.63) is 24.3 Å². The van der Waals surface area contributed by atoms with Gasteiger partial charge in [-0.15, -0.1) is 11.8 Å². The number of sulfone groups is 1. The van der Waals surface area contributed by atoms with E-state index in [1.165, 1.54) is 0 Å². The van der Waals surface area contributed by atoms with Crippen molar-refractivity contribution < 1.29 is 18.0 Å². The second-order valence-electron chi connectivity index (χ2n) is 7.73. The van der Waals surface area contributed by atoms with Gasteiger partial charge >= 0.3 is 0 Å². The lowest BCUT2D eigenvalue weighted by molar-refractivity contribution is -0.135. The van der Waals surface area contributed by atoms with Gasteiger partial charge in [0.2, 0.25) is 11.8 Å². The molecule has 27 heavy (non-hydrogen) atoms. The van der Waals surface area contributed by atoms with Crippen LogP contribution in [0.3, 0.4) is 0 Å². The SMILES string of the molecule is CC12CCC(=O)N1C(C(=O)Nc1ccc(S(=O)(=O)C3CCCC3)cc1)CS2. The fraction of sp³-hybridized carbons (Fsp3) is 0.579. The van der Waals surface area contributed by atoms with E-state index in [0.717, 1.165) is 32.1 Å². The summed E-state index contributed by atoms with van der Waals surface area (Å²) < 4.78 is 25.3. The molecule has 8 heteroatoms. The fourth-order valence-electron chi connectivity index (χ4n) is 4.36. The monoisotopic (exact) mass is 408 g/mol. The number of nitrogens with zero attached hydrogens (tertiary/aromatic N) is 1. The van der Waals surface area contributed by atoms with Gasteiger partial charge in [-0.3, -0.25) is 9.59 Å². The van der Waals surface area contributed by atoms with E-state index in [9.17, 15) is 18.0 Å². The summed E-state index contributed by atoms with van der Waals surface area (Å²) in [6, 6.07) is 5.92. The van der Waals surface area contributed by atoms with Crippen LogP contribution in [0.15, 0.2) is 29.2 Å². The third-order valence-corrected chi connectivity index (χ3v) is 9.72. The molecule has 2 atom stereocenters. The molecule has 4 rings (SSSR count). The minimum absolute atomic E-state index is 0.0284. The summed E-state index contributed by atoms with van der Waals surface area (Å²) in [4.78, 5) is 26.6. The van der Waals surface area contributed by atoms with Crippen molar-refractivity contribution in [1.82, 2.24) is 4.90 Å². The van der Waals surface area contributed by atoms with E-state index in [0.29, 0.717) is 22.8 Å². The smallest absolute Gasteiger partial charge is 0.248 e. The van der Waals surface area contributed by atoms with Crippen LogP contribution in [-0.4, -0.2) is 47.0 Å². The minimum Gasteiger partial charge on any atom is -0.324 e. The highest BCUT2D eigenvalue weighted by atomic mass is 32.2. The predicted molar refractivity (Wildman–Crippen MR) is 105 cm³/mol. The zero-order valence-electron chi connectivity index (χ0n) is 15.3. The van der Waals surface area contributed by atoms with E-state index in [2.05, 4.69) is 5.32 Å². The van der Waals surface area contributed by atoms with Crippen LogP contribution in [0, 0.1) is 0 Å². The molecule has 3 fully saturated rings. The van der Waals surface area contributed by atoms with E-state index in [1.807, 2.05) is 6.92 Å². The maximum Gasteiger partial charge on any atom is 0.248 e. The van der Waals surface area contributed by atoms with Gasteiger partial charge in [-0.1, -0.05) is 12.8 Å². The van der Waals surface area contributed by atoms with Crippen molar-refractivity contribution >= 4 is 39.1 Å². The summed E-state index contributed by atoms with van der Waals surface area (Å²) in [6.07, 6.45) is 4.64. The second-order valence-corrected chi connectivity index (χ2v) is 11.5. The first-order chi connectivity index (χ1) is 12.8. The first-order valence-corrected chi connectivity index (χ1v) is 12.0. The molecule has 6 nitrogen and oxygen atoms in total. The molecule has 2 heterocycles. The number of carbonyl (C=O) groups excluding carboxylic acids is 2. The van der Waals surface area contributed by atoms with Gasteiger partial charge in [0.25, 0.3) is 0 Å². The standard InChI is InChI=1S/C19H24N2O4S2/c1-19-11-10-17(22)21(19)16(12-26-19)18(23)20-13-6-8-15(9-7-13)27(24,25)14-4-2-3-5-14/h6-9,14,16H,2-5,10-12H2,1H3,(H,20,23). The fourth-order valence-corrected chi connectivity index (χ4v) is 7.65. The first kappa shape index (κ1) is 18.8. The van der Waals surface area contributed by atoms with E-state index in [1.54, 1.807) is 40.9 Å². The molecule has 2 amide bonds. The number of anilines is 1. The van der Waals surface area contributed by atoms with Crippen molar-refractivity contribution in [1.29, 1.82) is 0 Å². The molecule has 1 N–H and O–H groups in total. The lowest BCUT2D eigenvalue weighted by atomic mass is 10.2. The van der Waals surface area contributed by atoms with Gasteiger partial charge in [-0.05, 0) is 50.5 Å². The number of hydrogen-bond donors (Lipinski definition) is 1. The number of fused-ring (bicyclic) bond motifs is 1. The average Bonchev–Trinajstić information content (AvgIpc) is 3.34. The van der Waals surface area contributed by atoms with Crippen molar-refractivity contribution in [2.24, 2.45) is 0 Å². The Hall–Kier alpha value is -1.54. The van der Waals surface area contributed by atoms with Gasteiger partial charge < -0.3 is 10.2 Å². The number of nitrogens with one attached hydrogen (secondary N) is 1. The van der Waals surface area contributed by atoms with Crippen LogP contribution in [0.25, 0.3) is 0 Å². The number of benzene rings is 1. The Kier molecular flexibility index (Phi) is 4.74. The third-order valence-electron chi connectivity index (χ3n) is 5.94. The van der Waals surface area contributed by atoms with Gasteiger partial charge in [0, 0.05) is 17.9 Å². The molecule has 2 unspecified atom stereocenters. The van der Waals surface area contributed by atoms with Crippen LogP contribution < -0.4 is 5.32 Å². The first-order valence-electron chi connectivity index (χ1n) is 9.42. The van der Waals surface area contributed by atoms with Gasteiger partial charge in [-0.2, -0.15) is 0 Å². The quantitative estimate of drug-likeness (QED) is 0.828. The molecular weight excluding hydrogens is 384 g/mol. The maximum atomic E-state index is 12.7. The zero-order valence-corrected chi connectivity index (χ0v) is 16.9. The minimum atomic E-state index is -3.30. The van der Waals surface area contributed by atoms with Crippen molar-refractivity contribution in [2.75, 3.05) is 11.1 Å². The number of thioether (sulfide) groups is 1. The molecule has 1 aliphatic carbocycles. The van der Waals surface area contributed by atoms with Gasteiger partial charge in [-0.25, -0.2) is 8.42 Å². The molecule has 0 spiro atoms. The Labute approximate surface area is 164 Å². The molecule has 1 aromatic carbocycles. The molecule has 0 radical (unpaired) electrons. The highest BCUT2D eigenvalue weighted by Crippen LogP contribution is 2.47. The Morgan fingerprint density at radius 2 is 1.89 bits per heavy atom. The molecule has 146 valence electrons.